The first-order valence-corrected chi connectivity index (χ1v) is 6.76. The van der Waals surface area contributed by atoms with Crippen molar-refractivity contribution in [2.45, 2.75) is 65.0 Å². The largest absolute Gasteiger partial charge is 0.480 e. The molecule has 5 nitrogen and oxygen atoms in total. The minimum atomic E-state index is -0.842. The Morgan fingerprint density at radius 2 is 1.94 bits per heavy atom. The summed E-state index contributed by atoms with van der Waals surface area (Å²) >= 11 is 0. The van der Waals surface area contributed by atoms with E-state index in [0.717, 1.165) is 19.3 Å². The maximum Gasteiger partial charge on any atom is 0.320 e. The van der Waals surface area contributed by atoms with Crippen molar-refractivity contribution in [3.63, 3.8) is 0 Å². The number of hydrogen-bond donors (Lipinski definition) is 3. The second kappa shape index (κ2) is 9.88. The predicted molar refractivity (Wildman–Crippen MR) is 71.5 cm³/mol. The molecule has 0 saturated heterocycles. The average Bonchev–Trinajstić information content (AvgIpc) is 2.32. The molecule has 0 aromatic heterocycles. The minimum absolute atomic E-state index is 0.0310. The highest BCUT2D eigenvalue weighted by Crippen LogP contribution is 2.01. The van der Waals surface area contributed by atoms with E-state index >= 15 is 0 Å². The normalized spacial score (nSPS) is 13.9. The second-order valence-corrected chi connectivity index (χ2v) is 4.61. The Hall–Kier alpha value is -1.10. The zero-order chi connectivity index (χ0) is 14.0. The lowest BCUT2D eigenvalue weighted by atomic mass is 10.1. The van der Waals surface area contributed by atoms with Crippen LogP contribution in [0.25, 0.3) is 0 Å². The van der Waals surface area contributed by atoms with Crippen LogP contribution in [0.4, 0.5) is 0 Å². The Morgan fingerprint density at radius 3 is 2.44 bits per heavy atom. The number of hydrogen-bond acceptors (Lipinski definition) is 3. The summed E-state index contributed by atoms with van der Waals surface area (Å²) < 4.78 is 0. The van der Waals surface area contributed by atoms with Gasteiger partial charge < -0.3 is 15.7 Å². The molecule has 0 aromatic carbocycles. The zero-order valence-corrected chi connectivity index (χ0v) is 11.7. The maximum absolute atomic E-state index is 11.5. The molecule has 0 spiro atoms. The molecule has 2 unspecified atom stereocenters. The van der Waals surface area contributed by atoms with Crippen molar-refractivity contribution in [2.24, 2.45) is 0 Å². The Labute approximate surface area is 109 Å². The quantitative estimate of drug-likeness (QED) is 0.555. The molecule has 18 heavy (non-hydrogen) atoms. The predicted octanol–water partition coefficient (Wildman–Crippen LogP) is 1.52. The van der Waals surface area contributed by atoms with Crippen molar-refractivity contribution >= 4 is 11.9 Å². The van der Waals surface area contributed by atoms with Crippen molar-refractivity contribution in [1.82, 2.24) is 10.6 Å². The van der Waals surface area contributed by atoms with E-state index in [1.165, 1.54) is 0 Å². The lowest BCUT2D eigenvalue weighted by molar-refractivity contribution is -0.139. The fourth-order valence-electron chi connectivity index (χ4n) is 1.53. The van der Waals surface area contributed by atoms with Gasteiger partial charge in [0.05, 0.1) is 0 Å². The van der Waals surface area contributed by atoms with E-state index in [-0.39, 0.29) is 11.9 Å². The van der Waals surface area contributed by atoms with Crippen LogP contribution in [0.3, 0.4) is 0 Å². The van der Waals surface area contributed by atoms with Gasteiger partial charge in [-0.25, -0.2) is 0 Å². The molecule has 0 aliphatic carbocycles. The van der Waals surface area contributed by atoms with Gasteiger partial charge in [-0.15, -0.1) is 0 Å². The number of amides is 1. The van der Waals surface area contributed by atoms with Crippen molar-refractivity contribution in [3.8, 4) is 0 Å². The lowest BCUT2D eigenvalue weighted by Gasteiger charge is -2.15. The number of carbonyl (C=O) groups is 2. The summed E-state index contributed by atoms with van der Waals surface area (Å²) in [5.74, 6) is -0.873. The van der Waals surface area contributed by atoms with Gasteiger partial charge in [0.25, 0.3) is 0 Å². The third-order valence-electron chi connectivity index (χ3n) is 2.91. The number of carboxylic acids is 1. The van der Waals surface area contributed by atoms with E-state index in [0.29, 0.717) is 19.4 Å². The molecule has 0 saturated carbocycles. The molecular weight excluding hydrogens is 232 g/mol. The summed E-state index contributed by atoms with van der Waals surface area (Å²) in [6.45, 7) is 6.39. The molecule has 3 N–H and O–H groups in total. The Kier molecular flexibility index (Phi) is 9.28. The molecule has 0 radical (unpaired) electrons. The number of aliphatic carboxylic acids is 1. The van der Waals surface area contributed by atoms with Gasteiger partial charge in [0.2, 0.25) is 5.91 Å². The number of unbranched alkanes of at least 4 members (excludes halogenated alkanes) is 1. The SMILES string of the molecule is CCCCC(NCCC(=O)NC(C)CC)C(=O)O. The molecule has 0 fully saturated rings. The van der Waals surface area contributed by atoms with Gasteiger partial charge in [-0.1, -0.05) is 26.7 Å². The Balaban J connectivity index is 3.84. The smallest absolute Gasteiger partial charge is 0.320 e. The average molecular weight is 258 g/mol. The number of carboxylic acid groups (broad SMARTS) is 1. The Bertz CT molecular complexity index is 257. The highest BCUT2D eigenvalue weighted by atomic mass is 16.4. The van der Waals surface area contributed by atoms with Crippen LogP contribution < -0.4 is 10.6 Å². The molecule has 2 atom stereocenters. The van der Waals surface area contributed by atoms with E-state index < -0.39 is 12.0 Å². The van der Waals surface area contributed by atoms with E-state index in [9.17, 15) is 9.59 Å². The second-order valence-electron chi connectivity index (χ2n) is 4.61. The number of nitrogens with one attached hydrogen (secondary N) is 2. The number of carbonyl (C=O) groups excluding carboxylic acids is 1. The van der Waals surface area contributed by atoms with Crippen LogP contribution in [0, 0.1) is 0 Å². The van der Waals surface area contributed by atoms with Gasteiger partial charge in [-0.05, 0) is 19.8 Å². The highest BCUT2D eigenvalue weighted by molar-refractivity contribution is 5.76. The third kappa shape index (κ3) is 8.06. The van der Waals surface area contributed by atoms with E-state index in [2.05, 4.69) is 10.6 Å². The molecule has 5 heteroatoms. The van der Waals surface area contributed by atoms with Crippen molar-refractivity contribution in [3.05, 3.63) is 0 Å². The van der Waals surface area contributed by atoms with Gasteiger partial charge in [0.15, 0.2) is 0 Å². The summed E-state index contributed by atoms with van der Waals surface area (Å²) in [6, 6.07) is -0.366. The summed E-state index contributed by atoms with van der Waals surface area (Å²) in [7, 11) is 0. The van der Waals surface area contributed by atoms with E-state index in [1.54, 1.807) is 0 Å². The van der Waals surface area contributed by atoms with Crippen LogP contribution in [0.5, 0.6) is 0 Å². The summed E-state index contributed by atoms with van der Waals surface area (Å²) in [5, 5.41) is 14.8. The topological polar surface area (TPSA) is 78.4 Å². The fourth-order valence-corrected chi connectivity index (χ4v) is 1.53. The standard InChI is InChI=1S/C13H26N2O3/c1-4-6-7-11(13(17)18)14-9-8-12(16)15-10(3)5-2/h10-11,14H,4-9H2,1-3H3,(H,15,16)(H,17,18). The first-order chi connectivity index (χ1) is 8.51. The molecular formula is C13H26N2O3. The van der Waals surface area contributed by atoms with Gasteiger partial charge in [0.1, 0.15) is 6.04 Å². The van der Waals surface area contributed by atoms with Crippen LogP contribution in [0.1, 0.15) is 52.9 Å². The van der Waals surface area contributed by atoms with Crippen molar-refractivity contribution < 1.29 is 14.7 Å². The monoisotopic (exact) mass is 258 g/mol. The summed E-state index contributed by atoms with van der Waals surface area (Å²) in [6.07, 6.45) is 3.68. The van der Waals surface area contributed by atoms with Gasteiger partial charge in [0, 0.05) is 19.0 Å². The van der Waals surface area contributed by atoms with Crippen LogP contribution in [0.15, 0.2) is 0 Å². The first kappa shape index (κ1) is 16.9. The molecule has 0 rings (SSSR count). The van der Waals surface area contributed by atoms with Crippen LogP contribution in [0.2, 0.25) is 0 Å². The van der Waals surface area contributed by atoms with Crippen molar-refractivity contribution in [2.75, 3.05) is 6.54 Å². The van der Waals surface area contributed by atoms with Crippen LogP contribution >= 0.6 is 0 Å². The van der Waals surface area contributed by atoms with Crippen molar-refractivity contribution in [1.29, 1.82) is 0 Å². The molecule has 1 amide bonds. The molecule has 0 aromatic rings. The Morgan fingerprint density at radius 1 is 1.28 bits per heavy atom. The number of rotatable bonds is 10. The van der Waals surface area contributed by atoms with Gasteiger partial charge >= 0.3 is 5.97 Å². The molecule has 0 aliphatic heterocycles. The molecule has 106 valence electrons. The van der Waals surface area contributed by atoms with E-state index in [1.807, 2.05) is 20.8 Å². The summed E-state index contributed by atoms with van der Waals surface area (Å²) in [4.78, 5) is 22.4. The fraction of sp³-hybridized carbons (Fsp3) is 0.846. The third-order valence-corrected chi connectivity index (χ3v) is 2.91. The van der Waals surface area contributed by atoms with Crippen LogP contribution in [-0.2, 0) is 9.59 Å². The minimum Gasteiger partial charge on any atom is -0.480 e. The van der Waals surface area contributed by atoms with E-state index in [4.69, 9.17) is 5.11 Å². The zero-order valence-electron chi connectivity index (χ0n) is 11.7. The highest BCUT2D eigenvalue weighted by Gasteiger charge is 2.16. The van der Waals surface area contributed by atoms with Gasteiger partial charge in [-0.2, -0.15) is 0 Å². The van der Waals surface area contributed by atoms with Crippen LogP contribution in [-0.4, -0.2) is 35.6 Å². The first-order valence-electron chi connectivity index (χ1n) is 6.76. The van der Waals surface area contributed by atoms with Gasteiger partial charge in [-0.3, -0.25) is 9.59 Å². The molecule has 0 bridgehead atoms. The molecule has 0 aliphatic rings. The molecule has 0 heterocycles. The summed E-state index contributed by atoms with van der Waals surface area (Å²) in [5.41, 5.74) is 0. The maximum atomic E-state index is 11.5. The lowest BCUT2D eigenvalue weighted by Crippen LogP contribution is -2.40.